The molecule has 0 aromatic heterocycles. The van der Waals surface area contributed by atoms with Gasteiger partial charge in [0.25, 0.3) is 0 Å². The molecule has 0 nitrogen and oxygen atoms in total. The molecule has 0 bridgehead atoms. The fourth-order valence-electron chi connectivity index (χ4n) is 0.378. The largest absolute Gasteiger partial charge is 0.0845 e. The van der Waals surface area contributed by atoms with Crippen LogP contribution in [0.25, 0.3) is 0 Å². The van der Waals surface area contributed by atoms with Crippen molar-refractivity contribution in [2.45, 2.75) is 27.2 Å². The molecule has 0 aromatic rings. The second-order valence-electron chi connectivity index (χ2n) is 1.74. The summed E-state index contributed by atoms with van der Waals surface area (Å²) in [6, 6.07) is 0. The van der Waals surface area contributed by atoms with Crippen LogP contribution in [0.3, 0.4) is 0 Å². The lowest BCUT2D eigenvalue weighted by molar-refractivity contribution is 1.21. The zero-order valence-corrected chi connectivity index (χ0v) is 5.86. The van der Waals surface area contributed by atoms with Crippen LogP contribution in [-0.4, -0.2) is 0 Å². The highest BCUT2D eigenvalue weighted by Crippen LogP contribution is 1.92. The van der Waals surface area contributed by atoms with E-state index in [1.807, 2.05) is 13.8 Å². The topological polar surface area (TPSA) is 0 Å². The third-order valence-electron chi connectivity index (χ3n) is 0.998. The highest BCUT2D eigenvalue weighted by molar-refractivity contribution is 5.11. The molecule has 45 valence electrons. The molecule has 0 spiro atoms. The molecule has 0 heterocycles. The minimum absolute atomic E-state index is 1.11. The first-order valence-corrected chi connectivity index (χ1v) is 2.99. The fraction of sp³-hybridized carbons (Fsp3) is 0.500. The van der Waals surface area contributed by atoms with Crippen molar-refractivity contribution in [2.75, 3.05) is 0 Å². The van der Waals surface area contributed by atoms with Crippen molar-refractivity contribution >= 4 is 0 Å². The molecule has 0 aliphatic carbocycles. The first-order chi connectivity index (χ1) is 3.81. The Balaban J connectivity index is 3.53. The number of hydrogen-bond donors (Lipinski definition) is 0. The SMILES string of the molecule is C/[C]=C(\C)C=CCC. The van der Waals surface area contributed by atoms with Crippen molar-refractivity contribution in [3.63, 3.8) is 0 Å². The Morgan fingerprint density at radius 1 is 1.62 bits per heavy atom. The Bertz CT molecular complexity index is 96.6. The summed E-state index contributed by atoms with van der Waals surface area (Å²) >= 11 is 0. The zero-order chi connectivity index (χ0) is 6.41. The van der Waals surface area contributed by atoms with E-state index in [4.69, 9.17) is 0 Å². The van der Waals surface area contributed by atoms with Crippen LogP contribution in [0.2, 0.25) is 0 Å². The predicted molar refractivity (Wildman–Crippen MR) is 37.5 cm³/mol. The van der Waals surface area contributed by atoms with Gasteiger partial charge in [-0.15, -0.1) is 0 Å². The van der Waals surface area contributed by atoms with Gasteiger partial charge in [-0.25, -0.2) is 0 Å². The lowest BCUT2D eigenvalue weighted by atomic mass is 10.2. The second kappa shape index (κ2) is 4.63. The molecule has 8 heavy (non-hydrogen) atoms. The normalized spacial score (nSPS) is 13.1. The molecule has 0 fully saturated rings. The van der Waals surface area contributed by atoms with E-state index in [2.05, 4.69) is 25.2 Å². The smallest absolute Gasteiger partial charge is 0.0376 e. The minimum atomic E-state index is 1.11. The molecular formula is C8H13. The van der Waals surface area contributed by atoms with Gasteiger partial charge in [0.2, 0.25) is 0 Å². The first-order valence-electron chi connectivity index (χ1n) is 2.99. The molecule has 0 rings (SSSR count). The van der Waals surface area contributed by atoms with Crippen LogP contribution < -0.4 is 0 Å². The lowest BCUT2D eigenvalue weighted by Crippen LogP contribution is -1.63. The van der Waals surface area contributed by atoms with Crippen LogP contribution in [0.4, 0.5) is 0 Å². The summed E-state index contributed by atoms with van der Waals surface area (Å²) in [5, 5.41) is 0. The number of hydrogen-bond acceptors (Lipinski definition) is 0. The van der Waals surface area contributed by atoms with Crippen LogP contribution in [0.5, 0.6) is 0 Å². The Labute approximate surface area is 51.9 Å². The van der Waals surface area contributed by atoms with Crippen LogP contribution in [0, 0.1) is 6.08 Å². The molecule has 0 aliphatic heterocycles. The highest BCUT2D eigenvalue weighted by atomic mass is 13.8. The Hall–Kier alpha value is -0.520. The Morgan fingerprint density at radius 3 is 2.62 bits per heavy atom. The molecule has 0 aliphatic rings. The molecular weight excluding hydrogens is 96.1 g/mol. The van der Waals surface area contributed by atoms with E-state index in [1.165, 1.54) is 5.57 Å². The van der Waals surface area contributed by atoms with E-state index in [0.29, 0.717) is 0 Å². The minimum Gasteiger partial charge on any atom is -0.0845 e. The lowest BCUT2D eigenvalue weighted by Gasteiger charge is -1.83. The third kappa shape index (κ3) is 3.66. The maximum absolute atomic E-state index is 3.03. The molecule has 1 radical (unpaired) electrons. The summed E-state index contributed by atoms with van der Waals surface area (Å²) in [6.45, 7) is 6.10. The van der Waals surface area contributed by atoms with Crippen molar-refractivity contribution in [3.05, 3.63) is 23.8 Å². The van der Waals surface area contributed by atoms with Gasteiger partial charge in [-0.05, 0) is 31.9 Å². The van der Waals surface area contributed by atoms with Gasteiger partial charge in [-0.3, -0.25) is 0 Å². The summed E-state index contributed by atoms with van der Waals surface area (Å²) in [5.41, 5.74) is 1.21. The van der Waals surface area contributed by atoms with Gasteiger partial charge >= 0.3 is 0 Å². The van der Waals surface area contributed by atoms with E-state index >= 15 is 0 Å². The van der Waals surface area contributed by atoms with Gasteiger partial charge in [0, 0.05) is 0 Å². The molecule has 0 amide bonds. The molecule has 0 saturated heterocycles. The average Bonchev–Trinajstić information content (AvgIpc) is 1.83. The summed E-state index contributed by atoms with van der Waals surface area (Å²) < 4.78 is 0. The maximum atomic E-state index is 3.03. The molecule has 0 unspecified atom stereocenters. The van der Waals surface area contributed by atoms with Crippen molar-refractivity contribution in [2.24, 2.45) is 0 Å². The number of rotatable bonds is 2. The Morgan fingerprint density at radius 2 is 2.25 bits per heavy atom. The Kier molecular flexibility index (Phi) is 4.33. The van der Waals surface area contributed by atoms with Gasteiger partial charge in [0.1, 0.15) is 0 Å². The van der Waals surface area contributed by atoms with Gasteiger partial charge in [-0.2, -0.15) is 0 Å². The molecule has 0 saturated carbocycles. The van der Waals surface area contributed by atoms with E-state index < -0.39 is 0 Å². The van der Waals surface area contributed by atoms with Crippen molar-refractivity contribution in [3.8, 4) is 0 Å². The quantitative estimate of drug-likeness (QED) is 0.478. The standard InChI is InChI=1S/C8H13/c1-4-6-7-8(3)5-2/h6-7H,4H2,1-3H3. The summed E-state index contributed by atoms with van der Waals surface area (Å²) in [4.78, 5) is 0. The van der Waals surface area contributed by atoms with Crippen LogP contribution in [-0.2, 0) is 0 Å². The van der Waals surface area contributed by atoms with E-state index in [9.17, 15) is 0 Å². The van der Waals surface area contributed by atoms with E-state index in [1.54, 1.807) is 0 Å². The van der Waals surface area contributed by atoms with Crippen molar-refractivity contribution < 1.29 is 0 Å². The van der Waals surface area contributed by atoms with Crippen LogP contribution >= 0.6 is 0 Å². The van der Waals surface area contributed by atoms with Gasteiger partial charge < -0.3 is 0 Å². The van der Waals surface area contributed by atoms with Gasteiger partial charge in [0.15, 0.2) is 0 Å². The second-order valence-corrected chi connectivity index (χ2v) is 1.74. The summed E-state index contributed by atoms with van der Waals surface area (Å²) in [7, 11) is 0. The monoisotopic (exact) mass is 109 g/mol. The zero-order valence-electron chi connectivity index (χ0n) is 5.86. The van der Waals surface area contributed by atoms with Crippen molar-refractivity contribution in [1.82, 2.24) is 0 Å². The molecule has 0 atom stereocenters. The van der Waals surface area contributed by atoms with Gasteiger partial charge in [0.05, 0.1) is 0 Å². The summed E-state index contributed by atoms with van der Waals surface area (Å²) in [5.74, 6) is 0. The van der Waals surface area contributed by atoms with Crippen molar-refractivity contribution in [1.29, 1.82) is 0 Å². The fourth-order valence-corrected chi connectivity index (χ4v) is 0.378. The average molecular weight is 109 g/mol. The molecule has 0 N–H and O–H groups in total. The van der Waals surface area contributed by atoms with Crippen LogP contribution in [0.1, 0.15) is 27.2 Å². The van der Waals surface area contributed by atoms with E-state index in [0.717, 1.165) is 6.42 Å². The molecule has 0 aromatic carbocycles. The first kappa shape index (κ1) is 7.48. The van der Waals surface area contributed by atoms with Gasteiger partial charge in [-0.1, -0.05) is 19.1 Å². The maximum Gasteiger partial charge on any atom is -0.0376 e. The van der Waals surface area contributed by atoms with Crippen LogP contribution in [0.15, 0.2) is 17.7 Å². The highest BCUT2D eigenvalue weighted by Gasteiger charge is 1.73. The number of allylic oxidation sites excluding steroid dienone is 4. The summed E-state index contributed by atoms with van der Waals surface area (Å²) in [6.07, 6.45) is 8.35. The van der Waals surface area contributed by atoms with E-state index in [-0.39, 0.29) is 0 Å². The molecule has 0 heteroatoms. The third-order valence-corrected chi connectivity index (χ3v) is 0.998. The predicted octanol–water partition coefficient (Wildman–Crippen LogP) is 2.72.